The molecule has 0 amide bonds. The Labute approximate surface area is 126 Å². The maximum Gasteiger partial charge on any atom is 0.309 e. The van der Waals surface area contributed by atoms with E-state index in [1.54, 1.807) is 0 Å². The number of hydrogen-bond acceptors (Lipinski definition) is 3. The minimum absolute atomic E-state index is 0.0847. The summed E-state index contributed by atoms with van der Waals surface area (Å²) in [6.45, 7) is 2.29. The summed E-state index contributed by atoms with van der Waals surface area (Å²) < 4.78 is 5.34. The molecule has 0 aliphatic heterocycles. The van der Waals surface area contributed by atoms with Crippen molar-refractivity contribution in [3.8, 4) is 0 Å². The molecule has 0 saturated carbocycles. The van der Waals surface area contributed by atoms with E-state index in [1.807, 2.05) is 37.3 Å². The highest BCUT2D eigenvalue weighted by molar-refractivity contribution is 5.72. The van der Waals surface area contributed by atoms with E-state index in [-0.39, 0.29) is 18.3 Å². The topological polar surface area (TPSA) is 63.6 Å². The second-order valence-corrected chi connectivity index (χ2v) is 5.19. The Morgan fingerprint density at radius 3 is 2.48 bits per heavy atom. The smallest absolute Gasteiger partial charge is 0.309 e. The fraction of sp³-hybridized carbons (Fsp3) is 0.529. The van der Waals surface area contributed by atoms with Crippen LogP contribution in [0.2, 0.25) is 0 Å². The van der Waals surface area contributed by atoms with Crippen molar-refractivity contribution >= 4 is 11.9 Å². The first kappa shape index (κ1) is 17.2. The standard InChI is InChI=1S/C17H24O4/c1-2-15(11-7-4-8-12-16(18)19)17(20)21-13-14-9-5-3-6-10-14/h3,5-6,9-10,15H,2,4,7-8,11-13H2,1H3,(H,18,19). The molecule has 0 aliphatic rings. The minimum atomic E-state index is -0.760. The van der Waals surface area contributed by atoms with Crippen molar-refractivity contribution in [3.63, 3.8) is 0 Å². The molecule has 0 heterocycles. The fourth-order valence-corrected chi connectivity index (χ4v) is 2.18. The predicted molar refractivity (Wildman–Crippen MR) is 80.7 cm³/mol. The maximum atomic E-state index is 12.0. The van der Waals surface area contributed by atoms with Gasteiger partial charge in [0.2, 0.25) is 0 Å². The highest BCUT2D eigenvalue weighted by atomic mass is 16.5. The van der Waals surface area contributed by atoms with Crippen molar-refractivity contribution < 1.29 is 19.4 Å². The van der Waals surface area contributed by atoms with E-state index in [0.29, 0.717) is 13.0 Å². The SMILES string of the molecule is CCC(CCCCCC(=O)O)C(=O)OCc1ccccc1. The van der Waals surface area contributed by atoms with Crippen LogP contribution >= 0.6 is 0 Å². The van der Waals surface area contributed by atoms with E-state index in [2.05, 4.69) is 0 Å². The molecule has 1 N–H and O–H groups in total. The van der Waals surface area contributed by atoms with Gasteiger partial charge < -0.3 is 9.84 Å². The van der Waals surface area contributed by atoms with Crippen molar-refractivity contribution in [1.29, 1.82) is 0 Å². The first-order chi connectivity index (χ1) is 10.1. The summed E-state index contributed by atoms with van der Waals surface area (Å²) in [5.74, 6) is -0.998. The van der Waals surface area contributed by atoms with Gasteiger partial charge in [0.25, 0.3) is 0 Å². The van der Waals surface area contributed by atoms with Gasteiger partial charge in [-0.1, -0.05) is 50.1 Å². The summed E-state index contributed by atoms with van der Waals surface area (Å²) in [6.07, 6.45) is 4.11. The van der Waals surface area contributed by atoms with Crippen LogP contribution in [0.3, 0.4) is 0 Å². The molecule has 116 valence electrons. The average Bonchev–Trinajstić information content (AvgIpc) is 2.49. The van der Waals surface area contributed by atoms with E-state index < -0.39 is 5.97 Å². The molecule has 4 heteroatoms. The maximum absolute atomic E-state index is 12.0. The molecule has 21 heavy (non-hydrogen) atoms. The zero-order chi connectivity index (χ0) is 15.5. The lowest BCUT2D eigenvalue weighted by atomic mass is 9.98. The van der Waals surface area contributed by atoms with Gasteiger partial charge in [-0.25, -0.2) is 0 Å². The van der Waals surface area contributed by atoms with Gasteiger partial charge in [-0.2, -0.15) is 0 Å². The lowest BCUT2D eigenvalue weighted by molar-refractivity contribution is -0.150. The van der Waals surface area contributed by atoms with Crippen molar-refractivity contribution in [3.05, 3.63) is 35.9 Å². The van der Waals surface area contributed by atoms with Crippen LogP contribution in [-0.2, 0) is 20.9 Å². The summed E-state index contributed by atoms with van der Waals surface area (Å²) >= 11 is 0. The second-order valence-electron chi connectivity index (χ2n) is 5.19. The number of esters is 1. The quantitative estimate of drug-likeness (QED) is 0.526. The van der Waals surface area contributed by atoms with Crippen molar-refractivity contribution in [2.45, 2.75) is 52.1 Å². The first-order valence-electron chi connectivity index (χ1n) is 7.55. The van der Waals surface area contributed by atoms with Crippen LogP contribution in [-0.4, -0.2) is 17.0 Å². The third-order valence-corrected chi connectivity index (χ3v) is 3.49. The first-order valence-corrected chi connectivity index (χ1v) is 7.55. The molecule has 0 spiro atoms. The van der Waals surface area contributed by atoms with Crippen LogP contribution in [0.5, 0.6) is 0 Å². The van der Waals surface area contributed by atoms with E-state index >= 15 is 0 Å². The van der Waals surface area contributed by atoms with Crippen molar-refractivity contribution in [1.82, 2.24) is 0 Å². The monoisotopic (exact) mass is 292 g/mol. The van der Waals surface area contributed by atoms with Gasteiger partial charge in [0, 0.05) is 6.42 Å². The van der Waals surface area contributed by atoms with Crippen LogP contribution in [0.25, 0.3) is 0 Å². The largest absolute Gasteiger partial charge is 0.481 e. The Kier molecular flexibility index (Phi) is 8.17. The summed E-state index contributed by atoms with van der Waals surface area (Å²) in [6, 6.07) is 9.63. The molecule has 0 aromatic heterocycles. The summed E-state index contributed by atoms with van der Waals surface area (Å²) in [5, 5.41) is 8.56. The molecule has 0 bridgehead atoms. The molecule has 0 saturated heterocycles. The molecule has 0 fully saturated rings. The molecular formula is C17H24O4. The summed E-state index contributed by atoms with van der Waals surface area (Å²) in [7, 11) is 0. The number of rotatable bonds is 10. The molecule has 1 rings (SSSR count). The van der Waals surface area contributed by atoms with Gasteiger partial charge >= 0.3 is 11.9 Å². The van der Waals surface area contributed by atoms with Crippen molar-refractivity contribution in [2.75, 3.05) is 0 Å². The third-order valence-electron chi connectivity index (χ3n) is 3.49. The highest BCUT2D eigenvalue weighted by Crippen LogP contribution is 2.17. The van der Waals surface area contributed by atoms with E-state index in [4.69, 9.17) is 9.84 Å². The Balaban J connectivity index is 2.24. The van der Waals surface area contributed by atoms with E-state index in [9.17, 15) is 9.59 Å². The Bertz CT molecular complexity index is 428. The van der Waals surface area contributed by atoms with E-state index in [1.165, 1.54) is 0 Å². The predicted octanol–water partition coefficient (Wildman–Crippen LogP) is 3.79. The van der Waals surface area contributed by atoms with Crippen LogP contribution in [0.4, 0.5) is 0 Å². The molecular weight excluding hydrogens is 268 g/mol. The zero-order valence-corrected chi connectivity index (χ0v) is 12.6. The van der Waals surface area contributed by atoms with Gasteiger partial charge in [-0.05, 0) is 24.8 Å². The van der Waals surface area contributed by atoms with Crippen LogP contribution < -0.4 is 0 Å². The van der Waals surface area contributed by atoms with Gasteiger partial charge in [0.05, 0.1) is 5.92 Å². The number of ether oxygens (including phenoxy) is 1. The molecule has 1 unspecified atom stereocenters. The fourth-order valence-electron chi connectivity index (χ4n) is 2.18. The average molecular weight is 292 g/mol. The number of carbonyl (C=O) groups is 2. The lowest BCUT2D eigenvalue weighted by Crippen LogP contribution is -2.17. The molecule has 1 atom stereocenters. The molecule has 1 aromatic rings. The number of carbonyl (C=O) groups excluding carboxylic acids is 1. The Morgan fingerprint density at radius 2 is 1.86 bits per heavy atom. The second kappa shape index (κ2) is 9.97. The van der Waals surface area contributed by atoms with Crippen molar-refractivity contribution in [2.24, 2.45) is 5.92 Å². The number of aliphatic carboxylic acids is 1. The lowest BCUT2D eigenvalue weighted by Gasteiger charge is -2.14. The number of unbranched alkanes of at least 4 members (excludes halogenated alkanes) is 2. The Morgan fingerprint density at radius 1 is 1.14 bits per heavy atom. The summed E-state index contributed by atoms with van der Waals surface area (Å²) in [4.78, 5) is 22.4. The van der Waals surface area contributed by atoms with Crippen LogP contribution in [0.15, 0.2) is 30.3 Å². The highest BCUT2D eigenvalue weighted by Gasteiger charge is 2.17. The number of benzene rings is 1. The third kappa shape index (κ3) is 7.49. The molecule has 0 aliphatic carbocycles. The zero-order valence-electron chi connectivity index (χ0n) is 12.6. The van der Waals surface area contributed by atoms with Crippen LogP contribution in [0.1, 0.15) is 51.0 Å². The normalized spacial score (nSPS) is 11.9. The number of carboxylic acid groups (broad SMARTS) is 1. The van der Waals surface area contributed by atoms with Gasteiger partial charge in [-0.3, -0.25) is 9.59 Å². The van der Waals surface area contributed by atoms with E-state index in [0.717, 1.165) is 31.2 Å². The van der Waals surface area contributed by atoms with Gasteiger partial charge in [0.15, 0.2) is 0 Å². The van der Waals surface area contributed by atoms with Gasteiger partial charge in [-0.15, -0.1) is 0 Å². The molecule has 4 nitrogen and oxygen atoms in total. The molecule has 0 radical (unpaired) electrons. The number of hydrogen-bond donors (Lipinski definition) is 1. The number of carboxylic acids is 1. The Hall–Kier alpha value is -1.84. The van der Waals surface area contributed by atoms with Crippen LogP contribution in [0, 0.1) is 5.92 Å². The minimum Gasteiger partial charge on any atom is -0.481 e. The van der Waals surface area contributed by atoms with Gasteiger partial charge in [0.1, 0.15) is 6.61 Å². The molecule has 1 aromatic carbocycles. The summed E-state index contributed by atoms with van der Waals surface area (Å²) in [5.41, 5.74) is 0.988.